The fourth-order valence-corrected chi connectivity index (χ4v) is 10.6. The summed E-state index contributed by atoms with van der Waals surface area (Å²) in [7, 11) is 0. The molecule has 2 heterocycles. The van der Waals surface area contributed by atoms with E-state index in [1.54, 1.807) is 186 Å². The van der Waals surface area contributed by atoms with E-state index in [4.69, 9.17) is 53.1 Å². The summed E-state index contributed by atoms with van der Waals surface area (Å²) in [4.78, 5) is 149. The molecule has 0 aliphatic carbocycles. The van der Waals surface area contributed by atoms with Crippen molar-refractivity contribution in [3.8, 4) is 0 Å². The Morgan fingerprint density at radius 1 is 0.351 bits per heavy atom. The maximum atomic E-state index is 14.4. The van der Waals surface area contributed by atoms with E-state index in [1.165, 1.54) is 28.0 Å². The first-order valence-electron chi connectivity index (χ1n) is 32.8. The lowest BCUT2D eigenvalue weighted by molar-refractivity contribution is -0.167. The number of nitrogens with two attached hydrogens (primary N) is 1. The van der Waals surface area contributed by atoms with Crippen LogP contribution in [0.5, 0.6) is 0 Å². The third-order valence-electron chi connectivity index (χ3n) is 13.3. The molecule has 0 saturated carbocycles. The average molecular weight is 1380 g/mol. The molecule has 0 bridgehead atoms. The van der Waals surface area contributed by atoms with Gasteiger partial charge in [0.25, 0.3) is 0 Å². The van der Waals surface area contributed by atoms with Gasteiger partial charge in [-0.2, -0.15) is 0 Å². The van der Waals surface area contributed by atoms with Crippen molar-refractivity contribution in [1.82, 2.24) is 29.4 Å². The van der Waals surface area contributed by atoms with Crippen LogP contribution in [0.15, 0.2) is 18.2 Å². The monoisotopic (exact) mass is 1380 g/mol. The fraction of sp³-hybridized carbons (Fsp3) is 0.765. The van der Waals surface area contributed by atoms with Crippen LogP contribution >= 0.6 is 0 Å². The van der Waals surface area contributed by atoms with E-state index in [1.807, 2.05) is 0 Å². The molecule has 0 aromatic heterocycles. The molecular weight excluding hydrogens is 1260 g/mol. The molecule has 29 nitrogen and oxygen atoms in total. The van der Waals surface area contributed by atoms with Crippen LogP contribution in [0.1, 0.15) is 166 Å². The van der Waals surface area contributed by atoms with E-state index in [2.05, 4.69) is 10.6 Å². The molecule has 2 aliphatic heterocycles. The number of nitrogens with zero attached hydrogens (tertiary/aromatic N) is 6. The highest BCUT2D eigenvalue weighted by Crippen LogP contribution is 2.30. The number of nitrogen functional groups attached to an aromatic ring is 1. The van der Waals surface area contributed by atoms with E-state index in [9.17, 15) is 47.9 Å². The number of anilines is 3. The number of amides is 2. The maximum Gasteiger partial charge on any atom is 0.411 e. The fourth-order valence-electron chi connectivity index (χ4n) is 10.6. The van der Waals surface area contributed by atoms with Gasteiger partial charge in [-0.1, -0.05) is 0 Å². The smallest absolute Gasteiger partial charge is 0.411 e. The minimum atomic E-state index is -1.64. The third-order valence-corrected chi connectivity index (χ3v) is 13.3. The molecule has 0 unspecified atom stereocenters. The van der Waals surface area contributed by atoms with Crippen molar-refractivity contribution in [3.05, 3.63) is 18.2 Å². The SMILES string of the molecule is CC(C)(C)OC(=O)CN1CCN(CC(=O)OC(C)(C)C)CC(COC(=O)Nc2cc(N)cc(NC(=O)OCC3(N(CC(=O)OC(C)(C)C)CC(=O)OC(C)(C)C)CN(CC(=O)OC(C)(C)C)CCN(CC(=O)OC(C)(C)C)C3)c2)(N(CC(=O)OC(C)(C)C)CC(=O)OC(C)(C)C)C1. The first-order valence-corrected chi connectivity index (χ1v) is 32.8. The van der Waals surface area contributed by atoms with Gasteiger partial charge in [-0.05, 0) is 184 Å². The van der Waals surface area contributed by atoms with Crippen LogP contribution in [0.3, 0.4) is 0 Å². The molecule has 1 aromatic rings. The highest BCUT2D eigenvalue weighted by molar-refractivity contribution is 5.90. The van der Waals surface area contributed by atoms with Gasteiger partial charge in [0.2, 0.25) is 0 Å². The Balaban J connectivity index is 2.22. The number of benzene rings is 1. The second-order valence-electron chi connectivity index (χ2n) is 32.9. The Hall–Kier alpha value is -6.92. The molecule has 29 heteroatoms. The Morgan fingerprint density at radius 2 is 0.546 bits per heavy atom. The standard InChI is InChI=1S/C68H115N9O20/c1-59(2,3)90-49(78)32-72-25-26-73(33-50(79)91-60(4,5)6)41-67(40-72,76(36-53(82)94-63(13,14)15)37-54(83)95-64(16,17)18)44-88-57(86)70-47-29-46(69)30-48(31-47)71-58(87)89-45-68(77(38-55(84)96-65(19,20)21)39-56(85)97-66(22,23)24)42-74(34-51(80)92-61(7,8)9)27-28-75(43-68)35-52(81)93-62(10,11)12/h29-31H,25-28,32-45,69H2,1-24H3,(H,70,86)(H,71,87). The first kappa shape index (κ1) is 84.3. The number of hydrogen-bond donors (Lipinski definition) is 3. The summed E-state index contributed by atoms with van der Waals surface area (Å²) in [5.74, 6) is -5.46. The maximum absolute atomic E-state index is 14.4. The van der Waals surface area contributed by atoms with E-state index in [-0.39, 0.29) is 95.6 Å². The Bertz CT molecular complexity index is 2570. The number of nitrogens with one attached hydrogen (secondary N) is 2. The molecule has 3 rings (SSSR count). The first-order chi connectivity index (χ1) is 43.8. The molecule has 2 fully saturated rings. The van der Waals surface area contributed by atoms with Gasteiger partial charge < -0.3 is 53.1 Å². The molecule has 0 radical (unpaired) electrons. The summed E-state index contributed by atoms with van der Waals surface area (Å²) in [6.45, 7) is 36.0. The molecule has 97 heavy (non-hydrogen) atoms. The van der Waals surface area contributed by atoms with Crippen LogP contribution in [0.2, 0.25) is 0 Å². The highest BCUT2D eigenvalue weighted by atomic mass is 16.6. The third kappa shape index (κ3) is 34.9. The molecule has 0 spiro atoms. The largest absolute Gasteiger partial charge is 0.459 e. The van der Waals surface area contributed by atoms with Gasteiger partial charge in [0, 0.05) is 69.4 Å². The van der Waals surface area contributed by atoms with E-state index in [0.717, 1.165) is 0 Å². The van der Waals surface area contributed by atoms with Crippen molar-refractivity contribution in [1.29, 1.82) is 0 Å². The van der Waals surface area contributed by atoms with Gasteiger partial charge in [-0.3, -0.25) is 78.4 Å². The van der Waals surface area contributed by atoms with Crippen LogP contribution in [0.25, 0.3) is 0 Å². The van der Waals surface area contributed by atoms with Crippen LogP contribution in [0.4, 0.5) is 26.7 Å². The Labute approximate surface area is 574 Å². The lowest BCUT2D eigenvalue weighted by Gasteiger charge is -2.45. The zero-order chi connectivity index (χ0) is 74.3. The average Bonchev–Trinajstić information content (AvgIpc) is 1.78. The summed E-state index contributed by atoms with van der Waals surface area (Å²) in [5.41, 5.74) is -4.29. The normalized spacial score (nSPS) is 16.6. The van der Waals surface area contributed by atoms with Gasteiger partial charge >= 0.3 is 59.9 Å². The molecule has 2 aliphatic rings. The molecule has 2 amide bonds. The highest BCUT2D eigenvalue weighted by Gasteiger charge is 2.49. The lowest BCUT2D eigenvalue weighted by atomic mass is 9.95. The summed E-state index contributed by atoms with van der Waals surface area (Å²) in [5, 5.41) is 5.29. The molecule has 4 N–H and O–H groups in total. The van der Waals surface area contributed by atoms with Crippen molar-refractivity contribution < 1.29 is 95.3 Å². The molecule has 1 aromatic carbocycles. The quantitative estimate of drug-likeness (QED) is 0.0571. The van der Waals surface area contributed by atoms with E-state index in [0.29, 0.717) is 0 Å². The van der Waals surface area contributed by atoms with Crippen molar-refractivity contribution in [3.63, 3.8) is 0 Å². The number of rotatable bonds is 24. The predicted octanol–water partition coefficient (Wildman–Crippen LogP) is 6.42. The number of ether oxygens (including phenoxy) is 10. The van der Waals surface area contributed by atoms with Gasteiger partial charge in [-0.15, -0.1) is 0 Å². The summed E-state index contributed by atoms with van der Waals surface area (Å²) < 4.78 is 58.4. The van der Waals surface area contributed by atoms with Crippen LogP contribution in [-0.4, -0.2) is 263 Å². The van der Waals surface area contributed by atoms with E-state index >= 15 is 0 Å². The topological polar surface area (TPSA) is 333 Å². The number of carbonyl (C=O) groups is 10. The van der Waals surface area contributed by atoms with Gasteiger partial charge in [0.1, 0.15) is 58.0 Å². The van der Waals surface area contributed by atoms with Crippen molar-refractivity contribution in [2.75, 3.05) is 134 Å². The molecule has 552 valence electrons. The molecule has 2 saturated heterocycles. The zero-order valence-corrected chi connectivity index (χ0v) is 62.4. The number of hydrogen-bond acceptors (Lipinski definition) is 27. The van der Waals surface area contributed by atoms with Gasteiger partial charge in [0.05, 0.1) is 63.4 Å². The second-order valence-corrected chi connectivity index (χ2v) is 32.9. The van der Waals surface area contributed by atoms with E-state index < -0.39 is 155 Å². The van der Waals surface area contributed by atoms with Crippen molar-refractivity contribution in [2.45, 2.75) is 222 Å². The van der Waals surface area contributed by atoms with Crippen LogP contribution < -0.4 is 16.4 Å². The molecular formula is C68H115N9O20. The zero-order valence-electron chi connectivity index (χ0n) is 62.4. The number of carbonyl (C=O) groups excluding carboxylic acids is 10. The second kappa shape index (κ2) is 33.8. The Kier molecular flexibility index (Phi) is 29.3. The summed E-state index contributed by atoms with van der Waals surface area (Å²) >= 11 is 0. The Morgan fingerprint density at radius 3 is 0.742 bits per heavy atom. The summed E-state index contributed by atoms with van der Waals surface area (Å²) in [6.07, 6.45) is -2.18. The van der Waals surface area contributed by atoms with Gasteiger partial charge in [-0.25, -0.2) is 9.59 Å². The van der Waals surface area contributed by atoms with Crippen LogP contribution in [0, 0.1) is 0 Å². The number of esters is 8. The van der Waals surface area contributed by atoms with Crippen molar-refractivity contribution >= 4 is 77.0 Å². The summed E-state index contributed by atoms with van der Waals surface area (Å²) in [6, 6.07) is 4.07. The molecule has 0 atom stereocenters. The minimum absolute atomic E-state index is 0.00982. The van der Waals surface area contributed by atoms with Gasteiger partial charge in [0.15, 0.2) is 0 Å². The lowest BCUT2D eigenvalue weighted by Crippen LogP contribution is -2.65. The predicted molar refractivity (Wildman–Crippen MR) is 362 cm³/mol. The van der Waals surface area contributed by atoms with Crippen molar-refractivity contribution in [2.24, 2.45) is 0 Å². The van der Waals surface area contributed by atoms with Crippen LogP contribution in [-0.2, 0) is 85.7 Å². The minimum Gasteiger partial charge on any atom is -0.459 e.